The van der Waals surface area contributed by atoms with E-state index in [1.54, 1.807) is 24.3 Å². The third kappa shape index (κ3) is 3.77. The van der Waals surface area contributed by atoms with Crippen LogP contribution in [0.3, 0.4) is 0 Å². The highest BCUT2D eigenvalue weighted by atomic mass is 35.5. The number of piperidine rings is 1. The molecule has 2 bridgehead atoms. The van der Waals surface area contributed by atoms with Gasteiger partial charge in [0.15, 0.2) is 9.84 Å². The molecule has 1 saturated carbocycles. The Morgan fingerprint density at radius 1 is 1.19 bits per heavy atom. The molecule has 1 aromatic heterocycles. The van der Waals surface area contributed by atoms with Gasteiger partial charge in [-0.05, 0) is 68.4 Å². The molecule has 0 spiro atoms. The quantitative estimate of drug-likeness (QED) is 0.711. The summed E-state index contributed by atoms with van der Waals surface area (Å²) in [4.78, 5) is 20.1. The van der Waals surface area contributed by atoms with Crippen molar-refractivity contribution in [1.29, 1.82) is 0 Å². The van der Waals surface area contributed by atoms with Gasteiger partial charge in [-0.25, -0.2) is 17.8 Å². The van der Waals surface area contributed by atoms with Crippen LogP contribution >= 0.6 is 11.6 Å². The second-order valence-corrected chi connectivity index (χ2v) is 11.7. The van der Waals surface area contributed by atoms with Gasteiger partial charge in [0, 0.05) is 30.6 Å². The Morgan fingerprint density at radius 2 is 1.88 bits per heavy atom. The van der Waals surface area contributed by atoms with Crippen molar-refractivity contribution in [3.8, 4) is 0 Å². The van der Waals surface area contributed by atoms with Crippen molar-refractivity contribution >= 4 is 33.2 Å². The van der Waals surface area contributed by atoms with E-state index in [-0.39, 0.29) is 34.0 Å². The van der Waals surface area contributed by atoms with Gasteiger partial charge < -0.3 is 10.2 Å². The standard InChI is InChI=1S/C23H25ClFN3O3S/c1-32(30,31)18-5-7-21(26-13-18)28-16-3-4-17(28)12-15(11-16)27-22(29)23(8-9-23)14-2-6-20(25)19(24)10-14/h2,5-7,10,13,15-17H,3-4,8-9,11-12H2,1H3,(H,27,29)/t15?,16-,17+. The topological polar surface area (TPSA) is 79.4 Å². The second kappa shape index (κ2) is 7.70. The van der Waals surface area contributed by atoms with E-state index in [1.165, 1.54) is 18.5 Å². The van der Waals surface area contributed by atoms with Crippen molar-refractivity contribution in [3.63, 3.8) is 0 Å². The molecule has 6 nitrogen and oxygen atoms in total. The monoisotopic (exact) mass is 477 g/mol. The molecule has 5 rings (SSSR count). The minimum atomic E-state index is -3.28. The zero-order valence-corrected chi connectivity index (χ0v) is 19.3. The molecule has 3 aliphatic rings. The number of rotatable bonds is 5. The molecule has 1 aliphatic carbocycles. The van der Waals surface area contributed by atoms with E-state index >= 15 is 0 Å². The number of fused-ring (bicyclic) bond motifs is 2. The first-order valence-electron chi connectivity index (χ1n) is 10.9. The van der Waals surface area contributed by atoms with Gasteiger partial charge in [0.1, 0.15) is 11.6 Å². The summed E-state index contributed by atoms with van der Waals surface area (Å²) in [6.07, 6.45) is 7.75. The average molecular weight is 478 g/mol. The number of sulfone groups is 1. The van der Waals surface area contributed by atoms with E-state index in [4.69, 9.17) is 11.6 Å². The fourth-order valence-electron chi connectivity index (χ4n) is 5.30. The molecule has 32 heavy (non-hydrogen) atoms. The Balaban J connectivity index is 1.28. The summed E-state index contributed by atoms with van der Waals surface area (Å²) < 4.78 is 37.0. The fourth-order valence-corrected chi connectivity index (χ4v) is 6.04. The lowest BCUT2D eigenvalue weighted by Gasteiger charge is -2.40. The predicted octanol–water partition coefficient (Wildman–Crippen LogP) is 3.63. The minimum Gasteiger partial charge on any atom is -0.352 e. The molecule has 1 aromatic carbocycles. The SMILES string of the molecule is CS(=O)(=O)c1ccc(N2[C@@H]3CC[C@H]2CC(NC(=O)C2(c4ccc(F)c(Cl)c4)CC2)C3)nc1. The Kier molecular flexibility index (Phi) is 5.21. The second-order valence-electron chi connectivity index (χ2n) is 9.27. The van der Waals surface area contributed by atoms with E-state index < -0.39 is 21.1 Å². The van der Waals surface area contributed by atoms with Crippen molar-refractivity contribution in [2.24, 2.45) is 0 Å². The summed E-state index contributed by atoms with van der Waals surface area (Å²) in [5, 5.41) is 3.30. The van der Waals surface area contributed by atoms with E-state index in [2.05, 4.69) is 15.2 Å². The highest BCUT2D eigenvalue weighted by Crippen LogP contribution is 2.49. The van der Waals surface area contributed by atoms with E-state index in [0.29, 0.717) is 0 Å². The van der Waals surface area contributed by atoms with E-state index in [1.807, 2.05) is 0 Å². The summed E-state index contributed by atoms with van der Waals surface area (Å²) in [6, 6.07) is 8.52. The van der Waals surface area contributed by atoms with E-state index in [9.17, 15) is 17.6 Å². The molecular weight excluding hydrogens is 453 g/mol. The lowest BCUT2D eigenvalue weighted by atomic mass is 9.92. The first-order valence-corrected chi connectivity index (χ1v) is 13.2. The molecule has 0 radical (unpaired) electrons. The average Bonchev–Trinajstić information content (AvgIpc) is 3.51. The predicted molar refractivity (Wildman–Crippen MR) is 120 cm³/mol. The Labute approximate surface area is 192 Å². The fraction of sp³-hybridized carbons (Fsp3) is 0.478. The summed E-state index contributed by atoms with van der Waals surface area (Å²) >= 11 is 5.95. The van der Waals surface area contributed by atoms with Gasteiger partial charge in [-0.3, -0.25) is 4.79 Å². The number of carbonyl (C=O) groups is 1. The first-order chi connectivity index (χ1) is 15.2. The number of hydrogen-bond donors (Lipinski definition) is 1. The van der Waals surface area contributed by atoms with Crippen LogP contribution in [-0.2, 0) is 20.0 Å². The van der Waals surface area contributed by atoms with E-state index in [0.717, 1.165) is 49.9 Å². The Bertz CT molecular complexity index is 1150. The number of carbonyl (C=O) groups excluding carboxylic acids is 1. The van der Waals surface area contributed by atoms with Crippen LogP contribution in [0.25, 0.3) is 0 Å². The maximum Gasteiger partial charge on any atom is 0.230 e. The highest BCUT2D eigenvalue weighted by molar-refractivity contribution is 7.90. The molecule has 170 valence electrons. The van der Waals surface area contributed by atoms with Gasteiger partial charge in [-0.2, -0.15) is 0 Å². The third-order valence-corrected chi connectivity index (χ3v) is 8.53. The number of nitrogens with one attached hydrogen (secondary N) is 1. The van der Waals surface area contributed by atoms with Crippen LogP contribution in [0.15, 0.2) is 41.4 Å². The molecule has 2 saturated heterocycles. The Hall–Kier alpha value is -2.19. The minimum absolute atomic E-state index is 0.00587. The lowest BCUT2D eigenvalue weighted by Crippen LogP contribution is -2.52. The number of benzene rings is 1. The zero-order valence-electron chi connectivity index (χ0n) is 17.7. The van der Waals surface area contributed by atoms with Crippen LogP contribution < -0.4 is 10.2 Å². The van der Waals surface area contributed by atoms with Crippen LogP contribution in [0.2, 0.25) is 5.02 Å². The number of hydrogen-bond acceptors (Lipinski definition) is 5. The van der Waals surface area contributed by atoms with Crippen LogP contribution in [0.1, 0.15) is 44.1 Å². The maximum absolute atomic E-state index is 13.6. The van der Waals surface area contributed by atoms with Crippen molar-refractivity contribution in [3.05, 3.63) is 52.9 Å². The molecule has 2 aromatic rings. The number of nitrogens with zero attached hydrogens (tertiary/aromatic N) is 2. The van der Waals surface area contributed by atoms with Gasteiger partial charge in [-0.1, -0.05) is 17.7 Å². The summed E-state index contributed by atoms with van der Waals surface area (Å²) in [5.74, 6) is 0.302. The van der Waals surface area contributed by atoms with Gasteiger partial charge >= 0.3 is 0 Å². The smallest absolute Gasteiger partial charge is 0.230 e. The maximum atomic E-state index is 13.6. The van der Waals surface area contributed by atoms with Crippen molar-refractivity contribution < 1.29 is 17.6 Å². The summed E-state index contributed by atoms with van der Waals surface area (Å²) in [7, 11) is -3.28. The van der Waals surface area contributed by atoms with Crippen LogP contribution in [0.4, 0.5) is 10.2 Å². The summed E-state index contributed by atoms with van der Waals surface area (Å²) in [6.45, 7) is 0. The largest absolute Gasteiger partial charge is 0.352 e. The normalized spacial score (nSPS) is 26.1. The molecule has 2 aliphatic heterocycles. The molecule has 1 unspecified atom stereocenters. The molecule has 3 fully saturated rings. The third-order valence-electron chi connectivity index (χ3n) is 7.14. The molecule has 9 heteroatoms. The van der Waals surface area contributed by atoms with Crippen molar-refractivity contribution in [2.75, 3.05) is 11.2 Å². The van der Waals surface area contributed by atoms with Gasteiger partial charge in [0.2, 0.25) is 5.91 Å². The highest BCUT2D eigenvalue weighted by Gasteiger charge is 2.52. The number of aromatic nitrogens is 1. The molecule has 3 atom stereocenters. The van der Waals surface area contributed by atoms with Gasteiger partial charge in [0.05, 0.1) is 15.3 Å². The zero-order chi connectivity index (χ0) is 22.7. The number of halogens is 2. The van der Waals surface area contributed by atoms with Crippen LogP contribution in [0.5, 0.6) is 0 Å². The Morgan fingerprint density at radius 3 is 2.41 bits per heavy atom. The molecule has 1 N–H and O–H groups in total. The molecular formula is C23H25ClFN3O3S. The molecule has 1 amide bonds. The number of pyridine rings is 1. The van der Waals surface area contributed by atoms with Gasteiger partial charge in [0.25, 0.3) is 0 Å². The first kappa shape index (κ1) is 21.6. The molecule has 3 heterocycles. The lowest BCUT2D eigenvalue weighted by molar-refractivity contribution is -0.124. The van der Waals surface area contributed by atoms with Crippen LogP contribution in [0, 0.1) is 5.82 Å². The van der Waals surface area contributed by atoms with Gasteiger partial charge in [-0.15, -0.1) is 0 Å². The summed E-state index contributed by atoms with van der Waals surface area (Å²) in [5.41, 5.74) is 0.174. The number of anilines is 1. The van der Waals surface area contributed by atoms with Crippen LogP contribution in [-0.4, -0.2) is 43.7 Å². The number of amides is 1. The van der Waals surface area contributed by atoms with Crippen molar-refractivity contribution in [2.45, 2.75) is 67.0 Å². The van der Waals surface area contributed by atoms with Crippen molar-refractivity contribution in [1.82, 2.24) is 10.3 Å².